The smallest absolute Gasteiger partial charge is 0.231 e. The van der Waals surface area contributed by atoms with Gasteiger partial charge < -0.3 is 18.9 Å². The summed E-state index contributed by atoms with van der Waals surface area (Å²) in [5.41, 5.74) is 2.84. The van der Waals surface area contributed by atoms with Crippen LogP contribution in [0.2, 0.25) is 0 Å². The van der Waals surface area contributed by atoms with Gasteiger partial charge in [-0.05, 0) is 84.7 Å². The van der Waals surface area contributed by atoms with E-state index in [4.69, 9.17) is 18.9 Å². The summed E-state index contributed by atoms with van der Waals surface area (Å²) in [6, 6.07) is 13.0. The molecule has 0 amide bonds. The van der Waals surface area contributed by atoms with Crippen LogP contribution in [0.15, 0.2) is 36.4 Å². The van der Waals surface area contributed by atoms with Crippen LogP contribution in [0.3, 0.4) is 0 Å². The van der Waals surface area contributed by atoms with Crippen molar-refractivity contribution in [2.75, 3.05) is 13.6 Å². The van der Waals surface area contributed by atoms with Gasteiger partial charge in [-0.2, -0.15) is 0 Å². The van der Waals surface area contributed by atoms with Crippen molar-refractivity contribution in [1.29, 1.82) is 0 Å². The Morgan fingerprint density at radius 3 is 1.42 bits per heavy atom. The van der Waals surface area contributed by atoms with E-state index in [9.17, 15) is 0 Å². The van der Waals surface area contributed by atoms with Gasteiger partial charge in [-0.3, -0.25) is 0 Å². The lowest BCUT2D eigenvalue weighted by Gasteiger charge is -2.16. The van der Waals surface area contributed by atoms with Gasteiger partial charge in [-0.1, -0.05) is 12.1 Å². The standard InChI is InChI=1S/C22H22O4/c1-3-19-21(25-11-23-19)9-13(1)15-5-17-7-16(8-18(17)6-15)14-2-4-20-22(10-14)26-12-24-20/h1-4,9-10,15-18H,5-8,11-12H2. The second-order valence-electron chi connectivity index (χ2n) is 8.08. The monoisotopic (exact) mass is 350 g/mol. The molecule has 2 aromatic carbocycles. The summed E-state index contributed by atoms with van der Waals surface area (Å²) in [6.45, 7) is 0.706. The first-order chi connectivity index (χ1) is 12.8. The lowest BCUT2D eigenvalue weighted by molar-refractivity contribution is 0.173. The molecule has 0 atom stereocenters. The van der Waals surface area contributed by atoms with E-state index in [1.54, 1.807) is 0 Å². The summed E-state index contributed by atoms with van der Waals surface area (Å²) in [4.78, 5) is 0. The molecule has 0 aromatic heterocycles. The predicted octanol–water partition coefficient (Wildman–Crippen LogP) is 4.83. The predicted molar refractivity (Wildman–Crippen MR) is 96.1 cm³/mol. The molecule has 134 valence electrons. The van der Waals surface area contributed by atoms with Crippen LogP contribution in [0.5, 0.6) is 23.0 Å². The van der Waals surface area contributed by atoms with E-state index in [1.165, 1.54) is 36.8 Å². The minimum absolute atomic E-state index is 0.353. The van der Waals surface area contributed by atoms with Crippen molar-refractivity contribution in [3.05, 3.63) is 47.5 Å². The summed E-state index contributed by atoms with van der Waals surface area (Å²) in [5, 5.41) is 0. The van der Waals surface area contributed by atoms with Gasteiger partial charge in [0.05, 0.1) is 0 Å². The van der Waals surface area contributed by atoms with Crippen LogP contribution in [-0.4, -0.2) is 13.6 Å². The Hall–Kier alpha value is -2.36. The Kier molecular flexibility index (Phi) is 3.16. The van der Waals surface area contributed by atoms with Crippen molar-refractivity contribution in [2.45, 2.75) is 37.5 Å². The zero-order valence-electron chi connectivity index (χ0n) is 14.6. The Bertz CT molecular complexity index is 778. The van der Waals surface area contributed by atoms with Crippen LogP contribution in [0.25, 0.3) is 0 Å². The fraction of sp³-hybridized carbons (Fsp3) is 0.455. The molecule has 2 fully saturated rings. The number of ether oxygens (including phenoxy) is 4. The van der Waals surface area contributed by atoms with Crippen molar-refractivity contribution < 1.29 is 18.9 Å². The average molecular weight is 350 g/mol. The molecule has 0 spiro atoms. The molecule has 0 N–H and O–H groups in total. The number of hydrogen-bond donors (Lipinski definition) is 0. The maximum Gasteiger partial charge on any atom is 0.231 e. The summed E-state index contributed by atoms with van der Waals surface area (Å²) < 4.78 is 22.0. The maximum absolute atomic E-state index is 5.56. The normalized spacial score (nSPS) is 30.6. The molecular weight excluding hydrogens is 328 g/mol. The van der Waals surface area contributed by atoms with Gasteiger partial charge in [0.1, 0.15) is 0 Å². The highest BCUT2D eigenvalue weighted by Gasteiger charge is 2.42. The third-order valence-electron chi connectivity index (χ3n) is 6.75. The Labute approximate surface area is 153 Å². The molecule has 2 aliphatic carbocycles. The van der Waals surface area contributed by atoms with Gasteiger partial charge >= 0.3 is 0 Å². The Balaban J connectivity index is 1.17. The molecule has 2 aliphatic heterocycles. The lowest BCUT2D eigenvalue weighted by Crippen LogP contribution is -2.00. The van der Waals surface area contributed by atoms with Gasteiger partial charge in [0.2, 0.25) is 13.6 Å². The quantitative estimate of drug-likeness (QED) is 0.777. The number of rotatable bonds is 2. The van der Waals surface area contributed by atoms with Gasteiger partial charge in [-0.15, -0.1) is 0 Å². The van der Waals surface area contributed by atoms with E-state index in [2.05, 4.69) is 36.4 Å². The van der Waals surface area contributed by atoms with Crippen molar-refractivity contribution in [3.8, 4) is 23.0 Å². The molecular formula is C22H22O4. The van der Waals surface area contributed by atoms with Crippen LogP contribution in [-0.2, 0) is 0 Å². The van der Waals surface area contributed by atoms with Crippen LogP contribution in [0.1, 0.15) is 48.6 Å². The maximum atomic E-state index is 5.56. The highest BCUT2D eigenvalue weighted by Crippen LogP contribution is 2.56. The number of benzene rings is 2. The van der Waals surface area contributed by atoms with Crippen LogP contribution >= 0.6 is 0 Å². The molecule has 26 heavy (non-hydrogen) atoms. The molecule has 4 nitrogen and oxygen atoms in total. The van der Waals surface area contributed by atoms with E-state index in [1.807, 2.05) is 0 Å². The molecule has 2 aromatic rings. The van der Waals surface area contributed by atoms with Crippen molar-refractivity contribution >= 4 is 0 Å². The SMILES string of the molecule is c1cc2c(cc1C1CC3CC(c4ccc5c(c4)OCO5)CC3C1)OCO2. The molecule has 4 aliphatic rings. The number of fused-ring (bicyclic) bond motifs is 3. The molecule has 4 heteroatoms. The molecule has 0 saturated heterocycles. The van der Waals surface area contributed by atoms with Gasteiger partial charge in [0.25, 0.3) is 0 Å². The largest absolute Gasteiger partial charge is 0.454 e. The first kappa shape index (κ1) is 14.8. The van der Waals surface area contributed by atoms with E-state index in [-0.39, 0.29) is 0 Å². The van der Waals surface area contributed by atoms with E-state index in [0.29, 0.717) is 25.4 Å². The topological polar surface area (TPSA) is 36.9 Å². The fourth-order valence-electron chi connectivity index (χ4n) is 5.49. The lowest BCUT2D eigenvalue weighted by atomic mass is 9.89. The second kappa shape index (κ2) is 5.57. The molecule has 2 heterocycles. The highest BCUT2D eigenvalue weighted by atomic mass is 16.7. The highest BCUT2D eigenvalue weighted by molar-refractivity contribution is 5.47. The Morgan fingerprint density at radius 2 is 0.962 bits per heavy atom. The van der Waals surface area contributed by atoms with Gasteiger partial charge in [-0.25, -0.2) is 0 Å². The minimum Gasteiger partial charge on any atom is -0.454 e. The van der Waals surface area contributed by atoms with E-state index >= 15 is 0 Å². The first-order valence-corrected chi connectivity index (χ1v) is 9.62. The average Bonchev–Trinajstić information content (AvgIpc) is 3.41. The summed E-state index contributed by atoms with van der Waals surface area (Å²) in [7, 11) is 0. The van der Waals surface area contributed by atoms with Crippen LogP contribution in [0.4, 0.5) is 0 Å². The van der Waals surface area contributed by atoms with Gasteiger partial charge in [0, 0.05) is 0 Å². The van der Waals surface area contributed by atoms with Crippen molar-refractivity contribution in [3.63, 3.8) is 0 Å². The van der Waals surface area contributed by atoms with Crippen LogP contribution in [0, 0.1) is 11.8 Å². The molecule has 2 saturated carbocycles. The van der Waals surface area contributed by atoms with Crippen molar-refractivity contribution in [2.24, 2.45) is 11.8 Å². The second-order valence-corrected chi connectivity index (χ2v) is 8.08. The summed E-state index contributed by atoms with van der Waals surface area (Å²) in [5.74, 6) is 6.59. The third kappa shape index (κ3) is 2.28. The fourth-order valence-corrected chi connectivity index (χ4v) is 5.49. The zero-order valence-corrected chi connectivity index (χ0v) is 14.6. The third-order valence-corrected chi connectivity index (χ3v) is 6.75. The van der Waals surface area contributed by atoms with Gasteiger partial charge in [0.15, 0.2) is 23.0 Å². The first-order valence-electron chi connectivity index (χ1n) is 9.62. The number of hydrogen-bond acceptors (Lipinski definition) is 4. The molecule has 0 unspecified atom stereocenters. The van der Waals surface area contributed by atoms with E-state index < -0.39 is 0 Å². The minimum atomic E-state index is 0.353. The van der Waals surface area contributed by atoms with Crippen molar-refractivity contribution in [1.82, 2.24) is 0 Å². The summed E-state index contributed by atoms with van der Waals surface area (Å²) >= 11 is 0. The van der Waals surface area contributed by atoms with Crippen LogP contribution < -0.4 is 18.9 Å². The molecule has 0 radical (unpaired) electrons. The zero-order chi connectivity index (χ0) is 17.1. The van der Waals surface area contributed by atoms with E-state index in [0.717, 1.165) is 34.8 Å². The molecule has 6 rings (SSSR count). The summed E-state index contributed by atoms with van der Waals surface area (Å²) in [6.07, 6.45) is 5.19. The molecule has 0 bridgehead atoms. The Morgan fingerprint density at radius 1 is 0.538 bits per heavy atom.